The molecule has 76 heavy (non-hydrogen) atoms. The molecule has 0 radical (unpaired) electrons. The third-order valence-corrected chi connectivity index (χ3v) is 13.2. The van der Waals surface area contributed by atoms with Crippen molar-refractivity contribution < 1.29 is 20.1 Å². The maximum atomic E-state index is 9.19. The predicted octanol–water partition coefficient (Wildman–Crippen LogP) is 17.1. The van der Waals surface area contributed by atoms with Crippen LogP contribution in [0.5, 0.6) is 0 Å². The number of nitrogens with zero attached hydrogens (tertiary/aromatic N) is 9. The molecule has 0 aliphatic carbocycles. The number of nitriles is 2. The molecule has 0 amide bonds. The van der Waals surface area contributed by atoms with Gasteiger partial charge in [0.1, 0.15) is 5.69 Å². The van der Waals surface area contributed by atoms with Crippen LogP contribution in [0.3, 0.4) is 0 Å². The third-order valence-electron chi connectivity index (χ3n) is 13.2. The van der Waals surface area contributed by atoms with Crippen molar-refractivity contribution in [3.8, 4) is 63.4 Å². The molecule has 0 aliphatic rings. The van der Waals surface area contributed by atoms with Crippen LogP contribution in [0.2, 0.25) is 0 Å². The van der Waals surface area contributed by atoms with Gasteiger partial charge in [0.15, 0.2) is 0 Å². The van der Waals surface area contributed by atoms with E-state index in [0.717, 1.165) is 34.2 Å². The number of rotatable bonds is 12. The minimum atomic E-state index is 0. The molecule has 384 valence electrons. The molecular formula is C66H66IrN9. The fourth-order valence-corrected chi connectivity index (χ4v) is 9.40. The summed E-state index contributed by atoms with van der Waals surface area (Å²) in [5, 5.41) is 18.4. The Kier molecular flexibility index (Phi) is 19.6. The first kappa shape index (κ1) is 57.3. The van der Waals surface area contributed by atoms with Crippen LogP contribution in [0.1, 0.15) is 163 Å². The first-order chi connectivity index (χ1) is 36.1. The summed E-state index contributed by atoms with van der Waals surface area (Å²) < 4.78 is 6.42. The maximum Gasteiger partial charge on any atom is 3.00 e. The second-order valence-electron chi connectivity index (χ2n) is 20.4. The number of imidazole rings is 3. The van der Waals surface area contributed by atoms with Crippen molar-refractivity contribution in [1.82, 2.24) is 28.7 Å². The van der Waals surface area contributed by atoms with Gasteiger partial charge in [-0.25, -0.2) is 0 Å². The second kappa shape index (κ2) is 26.0. The molecule has 0 unspecified atom stereocenters. The van der Waals surface area contributed by atoms with Crippen LogP contribution < -0.4 is 0 Å². The Balaban J connectivity index is 0.000000184. The molecule has 9 aromatic rings. The molecular weight excluding hydrogens is 1110 g/mol. The normalized spacial score (nSPS) is 10.9. The first-order valence-electron chi connectivity index (χ1n) is 25.8. The maximum absolute atomic E-state index is 9.19. The molecule has 3 aromatic heterocycles. The van der Waals surface area contributed by atoms with Crippen LogP contribution >= 0.6 is 0 Å². The van der Waals surface area contributed by atoms with E-state index in [1.54, 1.807) is 36.4 Å². The van der Waals surface area contributed by atoms with E-state index in [0.29, 0.717) is 52.3 Å². The average Bonchev–Trinajstić information content (AvgIpc) is 4.24. The van der Waals surface area contributed by atoms with Crippen LogP contribution in [0, 0.1) is 47.4 Å². The minimum absolute atomic E-state index is 0. The van der Waals surface area contributed by atoms with E-state index in [9.17, 15) is 10.5 Å². The van der Waals surface area contributed by atoms with Crippen LogP contribution in [0.4, 0.5) is 5.69 Å². The average molecular weight is 1180 g/mol. The zero-order valence-electron chi connectivity index (χ0n) is 45.7. The molecule has 0 spiro atoms. The van der Waals surface area contributed by atoms with E-state index in [2.05, 4.69) is 202 Å². The summed E-state index contributed by atoms with van der Waals surface area (Å²) >= 11 is 0. The van der Waals surface area contributed by atoms with Gasteiger partial charge in [0.05, 0.1) is 36.2 Å². The van der Waals surface area contributed by atoms with E-state index in [-0.39, 0.29) is 20.1 Å². The Hall–Kier alpha value is -7.93. The van der Waals surface area contributed by atoms with Gasteiger partial charge in [0.2, 0.25) is 0 Å². The molecule has 0 aliphatic heterocycles. The quantitative estimate of drug-likeness (QED) is 0.113. The Morgan fingerprint density at radius 2 is 0.711 bits per heavy atom. The van der Waals surface area contributed by atoms with E-state index in [4.69, 9.17) is 6.57 Å². The van der Waals surface area contributed by atoms with Crippen LogP contribution in [0.15, 0.2) is 146 Å². The molecule has 10 heteroatoms. The van der Waals surface area contributed by atoms with Gasteiger partial charge in [0, 0.05) is 54.2 Å². The summed E-state index contributed by atoms with van der Waals surface area (Å²) in [6.45, 7) is 33.8. The number of aromatic nitrogens is 6. The van der Waals surface area contributed by atoms with Crippen LogP contribution in [-0.2, 0) is 20.1 Å². The molecule has 0 saturated heterocycles. The Labute approximate surface area is 464 Å². The molecule has 0 atom stereocenters. The summed E-state index contributed by atoms with van der Waals surface area (Å²) in [6.07, 6.45) is 11.4. The second-order valence-corrected chi connectivity index (χ2v) is 20.4. The van der Waals surface area contributed by atoms with Crippen molar-refractivity contribution in [2.75, 3.05) is 0 Å². The van der Waals surface area contributed by atoms with Gasteiger partial charge in [-0.1, -0.05) is 138 Å². The Morgan fingerprint density at radius 1 is 0.434 bits per heavy atom. The van der Waals surface area contributed by atoms with Gasteiger partial charge < -0.3 is 13.7 Å². The Morgan fingerprint density at radius 3 is 0.974 bits per heavy atom. The Bertz CT molecular complexity index is 3080. The molecule has 6 aromatic carbocycles. The fourth-order valence-electron chi connectivity index (χ4n) is 9.40. The van der Waals surface area contributed by atoms with Crippen molar-refractivity contribution in [2.45, 2.75) is 119 Å². The summed E-state index contributed by atoms with van der Waals surface area (Å²) in [5.41, 5.74) is 15.7. The summed E-state index contributed by atoms with van der Waals surface area (Å²) in [6, 6.07) is 49.7. The van der Waals surface area contributed by atoms with E-state index in [1.165, 1.54) is 50.4 Å². The molecule has 0 fully saturated rings. The largest absolute Gasteiger partial charge is 3.00 e. The van der Waals surface area contributed by atoms with Crippen molar-refractivity contribution in [3.05, 3.63) is 220 Å². The smallest absolute Gasteiger partial charge is 0.340 e. The topological polar surface area (TPSA) is 105 Å². The first-order valence-corrected chi connectivity index (χ1v) is 25.8. The zero-order valence-corrected chi connectivity index (χ0v) is 48.1. The summed E-state index contributed by atoms with van der Waals surface area (Å²) in [7, 11) is 0. The van der Waals surface area contributed by atoms with Crippen LogP contribution in [0.25, 0.3) is 56.1 Å². The van der Waals surface area contributed by atoms with Gasteiger partial charge in [-0.2, -0.15) is 16.6 Å². The third kappa shape index (κ3) is 12.8. The molecule has 0 bridgehead atoms. The van der Waals surface area contributed by atoms with Gasteiger partial charge in [-0.05, 0) is 80.0 Å². The van der Waals surface area contributed by atoms with Gasteiger partial charge in [-0.15, -0.1) is 83.4 Å². The number of hydrogen-bond donors (Lipinski definition) is 0. The van der Waals surface area contributed by atoms with Crippen LogP contribution in [-0.4, -0.2) is 28.7 Å². The number of para-hydroxylation sites is 3. The van der Waals surface area contributed by atoms with E-state index < -0.39 is 0 Å². The van der Waals surface area contributed by atoms with Crippen molar-refractivity contribution in [1.29, 1.82) is 10.5 Å². The monoisotopic (exact) mass is 1180 g/mol. The fraction of sp³-hybridized carbons (Fsp3) is 0.273. The van der Waals surface area contributed by atoms with Crippen molar-refractivity contribution in [3.63, 3.8) is 0 Å². The molecule has 3 heterocycles. The number of hydrogen-bond acceptors (Lipinski definition) is 5. The molecule has 9 rings (SSSR count). The van der Waals surface area contributed by atoms with Crippen molar-refractivity contribution in [2.24, 2.45) is 0 Å². The number of benzene rings is 6. The molecule has 0 N–H and O–H groups in total. The summed E-state index contributed by atoms with van der Waals surface area (Å²) in [4.78, 5) is 17.2. The minimum Gasteiger partial charge on any atom is -0.340 e. The summed E-state index contributed by atoms with van der Waals surface area (Å²) in [5.74, 6) is 4.86. The SMILES string of the molecule is CC(C)c1cccc(C(C)C)c1-n1ccnc1-c1[c-]ccc(C#N)c1.CC(C)c1cccc(C(C)C)c1-n1ccnc1-c1[c-]ccc(C#N)c1.[C-]#[N+]c1cc[c-]c(-c2nccn2-c2c(C(C)C)cccc2C(C)C)c1.[Ir+3]. The zero-order chi connectivity index (χ0) is 53.9. The molecule has 9 nitrogen and oxygen atoms in total. The van der Waals surface area contributed by atoms with Crippen molar-refractivity contribution >= 4 is 5.69 Å². The van der Waals surface area contributed by atoms with Gasteiger partial charge in [0.25, 0.3) is 0 Å². The van der Waals surface area contributed by atoms with Gasteiger partial charge >= 0.3 is 20.1 Å². The van der Waals surface area contributed by atoms with E-state index in [1.807, 2.05) is 55.4 Å². The van der Waals surface area contributed by atoms with Gasteiger partial charge in [-0.3, -0.25) is 19.8 Å². The standard InChI is InChI=1S/3C22H22N3.Ir/c1-15(2)19-10-7-11-20(16(3)4)21(19)25-13-12-24-22(25)17-8-6-9-18(14-17)23-5;2*1-15(2)19-9-6-10-20(16(3)4)21(19)25-12-11-24-22(25)18-8-5-7-17(13-18)14-23;/h6-7,9-16H,1-4H3;2*5-7,9-13,15-16H,1-4H3;/q3*-1;+3. The van der Waals surface area contributed by atoms with E-state index >= 15 is 0 Å². The predicted molar refractivity (Wildman–Crippen MR) is 304 cm³/mol. The molecule has 0 saturated carbocycles.